The van der Waals surface area contributed by atoms with E-state index in [1.165, 1.54) is 31.5 Å². The minimum absolute atomic E-state index is 0.0406. The van der Waals surface area contributed by atoms with E-state index in [0.717, 1.165) is 6.20 Å². The second-order valence-corrected chi connectivity index (χ2v) is 8.89. The fourth-order valence-corrected chi connectivity index (χ4v) is 4.34. The van der Waals surface area contributed by atoms with Gasteiger partial charge in [-0.2, -0.15) is 17.6 Å². The number of hydrogen-bond donors (Lipinski definition) is 3. The number of halogens is 4. The summed E-state index contributed by atoms with van der Waals surface area (Å²) in [4.78, 5) is 42.0. The molecule has 0 aliphatic heterocycles. The number of alkyl halides is 3. The van der Waals surface area contributed by atoms with Crippen molar-refractivity contribution in [1.82, 2.24) is 14.9 Å². The Hall–Kier alpha value is -3.28. The van der Waals surface area contributed by atoms with E-state index in [9.17, 15) is 37.1 Å². The molecule has 0 aromatic carbocycles. The van der Waals surface area contributed by atoms with Crippen LogP contribution in [-0.2, 0) is 11.8 Å². The molecule has 190 valence electrons. The first-order valence-corrected chi connectivity index (χ1v) is 10.9. The lowest BCUT2D eigenvalue weighted by molar-refractivity contribution is -0.270. The topological polar surface area (TPSA) is 113 Å². The van der Waals surface area contributed by atoms with Crippen molar-refractivity contribution in [3.05, 3.63) is 46.3 Å². The molecule has 12 heteroatoms. The van der Waals surface area contributed by atoms with Crippen molar-refractivity contribution >= 4 is 23.3 Å². The van der Waals surface area contributed by atoms with Crippen molar-refractivity contribution in [3.63, 3.8) is 0 Å². The van der Waals surface area contributed by atoms with Crippen LogP contribution in [0.25, 0.3) is 0 Å². The summed E-state index contributed by atoms with van der Waals surface area (Å²) in [6.45, 7) is 4.58. The van der Waals surface area contributed by atoms with Gasteiger partial charge in [0.2, 0.25) is 5.95 Å². The highest BCUT2D eigenvalue weighted by atomic mass is 19.4. The number of Topliss-reactive ketones (excluding diaryl/α,β-unsaturated/α-hetero) is 1. The van der Waals surface area contributed by atoms with Gasteiger partial charge >= 0.3 is 6.18 Å². The van der Waals surface area contributed by atoms with Crippen LogP contribution in [-0.4, -0.2) is 50.1 Å². The minimum atomic E-state index is -4.77. The Bertz CT molecular complexity index is 1180. The lowest BCUT2D eigenvalue weighted by Crippen LogP contribution is -2.52. The largest absolute Gasteiger partial charge is 0.417 e. The van der Waals surface area contributed by atoms with Gasteiger partial charge in [-0.15, -0.1) is 0 Å². The van der Waals surface area contributed by atoms with Gasteiger partial charge in [-0.05, 0) is 58.1 Å². The minimum Gasteiger partial charge on any atom is -0.380 e. The number of pyridine rings is 1. The van der Waals surface area contributed by atoms with Crippen LogP contribution < -0.4 is 10.6 Å². The SMILES string of the molecule is Cc1cc(NC(=O)c2c(C)c(C(=O)C(=O)N[C@H]3CC[C@@](O)(C(F)(F)F)CC3)n(C)c2C)cnc1F. The summed E-state index contributed by atoms with van der Waals surface area (Å²) in [6.07, 6.45) is -5.07. The fourth-order valence-electron chi connectivity index (χ4n) is 4.34. The molecule has 1 fully saturated rings. The second-order valence-electron chi connectivity index (χ2n) is 8.89. The molecule has 0 radical (unpaired) electrons. The first kappa shape index (κ1) is 26.3. The van der Waals surface area contributed by atoms with Gasteiger partial charge < -0.3 is 20.3 Å². The molecule has 0 atom stereocenters. The number of nitrogens with one attached hydrogen (secondary N) is 2. The number of anilines is 1. The zero-order chi connectivity index (χ0) is 26.3. The fraction of sp³-hybridized carbons (Fsp3) is 0.478. The van der Waals surface area contributed by atoms with Crippen LogP contribution in [0.5, 0.6) is 0 Å². The van der Waals surface area contributed by atoms with Gasteiger partial charge in [-0.3, -0.25) is 14.4 Å². The number of aliphatic hydroxyl groups is 1. The van der Waals surface area contributed by atoms with E-state index in [-0.39, 0.29) is 40.9 Å². The molecule has 2 amide bonds. The molecule has 1 aliphatic rings. The summed E-state index contributed by atoms with van der Waals surface area (Å²) >= 11 is 0. The lowest BCUT2D eigenvalue weighted by atomic mass is 9.81. The van der Waals surface area contributed by atoms with Gasteiger partial charge in [0.25, 0.3) is 17.6 Å². The predicted octanol–water partition coefficient (Wildman–Crippen LogP) is 3.27. The number of rotatable bonds is 5. The molecule has 3 rings (SSSR count). The number of nitrogens with zero attached hydrogens (tertiary/aromatic N) is 2. The van der Waals surface area contributed by atoms with Gasteiger partial charge in [-0.25, -0.2) is 4.98 Å². The van der Waals surface area contributed by atoms with Crippen molar-refractivity contribution in [3.8, 4) is 0 Å². The summed E-state index contributed by atoms with van der Waals surface area (Å²) in [5.74, 6) is -3.21. The Kier molecular flexibility index (Phi) is 7.07. The van der Waals surface area contributed by atoms with Crippen molar-refractivity contribution in [1.29, 1.82) is 0 Å². The zero-order valence-corrected chi connectivity index (χ0v) is 19.6. The van der Waals surface area contributed by atoms with Crippen LogP contribution in [0.4, 0.5) is 23.2 Å². The van der Waals surface area contributed by atoms with E-state index >= 15 is 0 Å². The third kappa shape index (κ3) is 5.07. The van der Waals surface area contributed by atoms with Gasteiger partial charge in [0.1, 0.15) is 0 Å². The van der Waals surface area contributed by atoms with E-state index in [1.54, 1.807) is 6.92 Å². The molecule has 8 nitrogen and oxygen atoms in total. The summed E-state index contributed by atoms with van der Waals surface area (Å²) in [5, 5.41) is 14.8. The van der Waals surface area contributed by atoms with E-state index in [4.69, 9.17) is 0 Å². The molecule has 0 unspecified atom stereocenters. The van der Waals surface area contributed by atoms with E-state index in [2.05, 4.69) is 15.6 Å². The highest BCUT2D eigenvalue weighted by molar-refractivity contribution is 6.43. The molecule has 2 aromatic rings. The quantitative estimate of drug-likeness (QED) is 0.254. The summed E-state index contributed by atoms with van der Waals surface area (Å²) < 4.78 is 53.8. The summed E-state index contributed by atoms with van der Waals surface area (Å²) in [6, 6.07) is 0.699. The van der Waals surface area contributed by atoms with Crippen LogP contribution >= 0.6 is 0 Å². The Morgan fingerprint density at radius 2 is 1.77 bits per heavy atom. The Balaban J connectivity index is 1.75. The first-order valence-electron chi connectivity index (χ1n) is 10.9. The van der Waals surface area contributed by atoms with E-state index < -0.39 is 54.2 Å². The van der Waals surface area contributed by atoms with Crippen molar-refractivity contribution in [2.24, 2.45) is 7.05 Å². The Morgan fingerprint density at radius 3 is 2.31 bits per heavy atom. The molecule has 0 bridgehead atoms. The number of aryl methyl sites for hydroxylation is 1. The standard InChI is InChI=1S/C23H26F4N4O4/c1-11-9-15(10-28-19(11)24)30-20(33)16-12(2)17(31(4)13(16)3)18(32)21(34)29-14-5-7-22(35,8-6-14)23(25,26)27/h9-10,14,35H,5-8H2,1-4H3,(H,29,34)(H,30,33)/t14-,22-. The average Bonchev–Trinajstić information content (AvgIpc) is 2.99. The third-order valence-corrected chi connectivity index (χ3v) is 6.53. The van der Waals surface area contributed by atoms with Gasteiger partial charge in [0, 0.05) is 24.3 Å². The van der Waals surface area contributed by atoms with Gasteiger partial charge in [0.15, 0.2) is 5.60 Å². The smallest absolute Gasteiger partial charge is 0.380 e. The van der Waals surface area contributed by atoms with Crippen LogP contribution in [0.15, 0.2) is 12.3 Å². The molecule has 1 saturated carbocycles. The number of ketones is 1. The van der Waals surface area contributed by atoms with Crippen molar-refractivity contribution in [2.75, 3.05) is 5.32 Å². The molecule has 2 aromatic heterocycles. The molecular formula is C23H26F4N4O4. The van der Waals surface area contributed by atoms with Crippen molar-refractivity contribution in [2.45, 2.75) is 64.3 Å². The molecule has 0 spiro atoms. The highest BCUT2D eigenvalue weighted by Crippen LogP contribution is 2.41. The predicted molar refractivity (Wildman–Crippen MR) is 118 cm³/mol. The summed E-state index contributed by atoms with van der Waals surface area (Å²) in [5.41, 5.74) is -1.57. The number of carbonyl (C=O) groups is 3. The number of amides is 2. The monoisotopic (exact) mass is 498 g/mol. The Labute approximate surface area is 198 Å². The van der Waals surface area contributed by atoms with Crippen molar-refractivity contribution < 1.29 is 37.1 Å². The van der Waals surface area contributed by atoms with E-state index in [0.29, 0.717) is 5.69 Å². The van der Waals surface area contributed by atoms with Crippen LogP contribution in [0.1, 0.15) is 63.4 Å². The first-order chi connectivity index (χ1) is 16.2. The third-order valence-electron chi connectivity index (χ3n) is 6.53. The Morgan fingerprint density at radius 1 is 1.17 bits per heavy atom. The zero-order valence-electron chi connectivity index (χ0n) is 19.6. The van der Waals surface area contributed by atoms with Gasteiger partial charge in [-0.1, -0.05) is 0 Å². The maximum absolute atomic E-state index is 13.4. The lowest BCUT2D eigenvalue weighted by Gasteiger charge is -2.37. The van der Waals surface area contributed by atoms with E-state index in [1.807, 2.05) is 0 Å². The van der Waals surface area contributed by atoms with Crippen LogP contribution in [0.2, 0.25) is 0 Å². The number of aromatic nitrogens is 2. The van der Waals surface area contributed by atoms with Crippen LogP contribution in [0, 0.1) is 26.7 Å². The number of hydrogen-bond acceptors (Lipinski definition) is 5. The molecule has 35 heavy (non-hydrogen) atoms. The molecule has 3 N–H and O–H groups in total. The normalized spacial score (nSPS) is 20.4. The molecular weight excluding hydrogens is 472 g/mol. The maximum Gasteiger partial charge on any atom is 0.417 e. The van der Waals surface area contributed by atoms with Crippen LogP contribution in [0.3, 0.4) is 0 Å². The molecule has 1 aliphatic carbocycles. The molecule has 2 heterocycles. The highest BCUT2D eigenvalue weighted by Gasteiger charge is 2.54. The summed E-state index contributed by atoms with van der Waals surface area (Å²) in [7, 11) is 1.51. The maximum atomic E-state index is 13.4. The van der Waals surface area contributed by atoms with Gasteiger partial charge in [0.05, 0.1) is 23.1 Å². The average molecular weight is 498 g/mol. The number of carbonyl (C=O) groups excluding carboxylic acids is 3. The second kappa shape index (κ2) is 9.40. The molecule has 0 saturated heterocycles.